The zero-order valence-corrected chi connectivity index (χ0v) is 6.84. The molecular formula is C9H7N3O. The Morgan fingerprint density at radius 2 is 2.31 bits per heavy atom. The van der Waals surface area contributed by atoms with Crippen LogP contribution in [0.25, 0.3) is 5.70 Å². The van der Waals surface area contributed by atoms with Crippen LogP contribution in [0.4, 0.5) is 0 Å². The third-order valence-corrected chi connectivity index (χ3v) is 1.66. The molecular weight excluding hydrogens is 166 g/mol. The lowest BCUT2D eigenvalue weighted by atomic mass is 10.2. The van der Waals surface area contributed by atoms with E-state index in [9.17, 15) is 4.79 Å². The average Bonchev–Trinajstić information content (AvgIpc) is 2.19. The molecule has 0 radical (unpaired) electrons. The van der Waals surface area contributed by atoms with Gasteiger partial charge in [0.15, 0.2) is 5.78 Å². The standard InChI is InChI=1S/C9H7N3O/c13-7-3-5-10-9(6-7)8-2-1-4-11-12-8/h1-2,4-6H,3H2. The smallest absolute Gasteiger partial charge is 0.163 e. The van der Waals surface area contributed by atoms with E-state index < -0.39 is 0 Å². The minimum atomic E-state index is 0.0515. The molecule has 1 aromatic heterocycles. The molecule has 4 heteroatoms. The highest BCUT2D eigenvalue weighted by molar-refractivity contribution is 6.07. The Kier molecular flexibility index (Phi) is 1.96. The van der Waals surface area contributed by atoms with Crippen molar-refractivity contribution in [1.29, 1.82) is 0 Å². The number of hydrogen-bond donors (Lipinski definition) is 0. The summed E-state index contributed by atoms with van der Waals surface area (Å²) in [7, 11) is 0. The maximum atomic E-state index is 11.0. The summed E-state index contributed by atoms with van der Waals surface area (Å²) in [4.78, 5) is 15.1. The van der Waals surface area contributed by atoms with Crippen molar-refractivity contribution in [2.24, 2.45) is 4.99 Å². The zero-order valence-electron chi connectivity index (χ0n) is 6.84. The number of hydrogen-bond acceptors (Lipinski definition) is 4. The second-order valence-corrected chi connectivity index (χ2v) is 2.62. The summed E-state index contributed by atoms with van der Waals surface area (Å²) in [6.07, 6.45) is 5.04. The lowest BCUT2D eigenvalue weighted by molar-refractivity contribution is -0.113. The Bertz CT molecular complexity index is 381. The lowest BCUT2D eigenvalue weighted by Crippen LogP contribution is -2.01. The van der Waals surface area contributed by atoms with E-state index in [1.54, 1.807) is 24.5 Å². The van der Waals surface area contributed by atoms with Gasteiger partial charge in [0.25, 0.3) is 0 Å². The van der Waals surface area contributed by atoms with Crippen molar-refractivity contribution >= 4 is 17.7 Å². The molecule has 1 aliphatic heterocycles. The van der Waals surface area contributed by atoms with Crippen LogP contribution >= 0.6 is 0 Å². The van der Waals surface area contributed by atoms with Crippen molar-refractivity contribution < 1.29 is 4.79 Å². The maximum absolute atomic E-state index is 11.0. The maximum Gasteiger partial charge on any atom is 0.163 e. The molecule has 13 heavy (non-hydrogen) atoms. The minimum Gasteiger partial charge on any atom is -0.294 e. The molecule has 1 aliphatic rings. The third kappa shape index (κ3) is 1.66. The summed E-state index contributed by atoms with van der Waals surface area (Å²) in [5.74, 6) is 0.0515. The summed E-state index contributed by atoms with van der Waals surface area (Å²) in [5, 5.41) is 7.56. The van der Waals surface area contributed by atoms with E-state index in [-0.39, 0.29) is 5.78 Å². The van der Waals surface area contributed by atoms with Crippen molar-refractivity contribution in [2.75, 3.05) is 0 Å². The fraction of sp³-hybridized carbons (Fsp3) is 0.111. The molecule has 0 bridgehead atoms. The van der Waals surface area contributed by atoms with Gasteiger partial charge in [-0.15, -0.1) is 5.10 Å². The molecule has 1 aromatic rings. The average molecular weight is 173 g/mol. The van der Waals surface area contributed by atoms with Gasteiger partial charge < -0.3 is 0 Å². The number of aliphatic imine (C=N–C) groups is 1. The lowest BCUT2D eigenvalue weighted by Gasteiger charge is -2.02. The highest BCUT2D eigenvalue weighted by Gasteiger charge is 2.08. The van der Waals surface area contributed by atoms with Crippen molar-refractivity contribution in [3.63, 3.8) is 0 Å². The van der Waals surface area contributed by atoms with E-state index >= 15 is 0 Å². The van der Waals surface area contributed by atoms with E-state index in [0.29, 0.717) is 17.8 Å². The van der Waals surface area contributed by atoms with E-state index in [2.05, 4.69) is 15.2 Å². The predicted molar refractivity (Wildman–Crippen MR) is 48.1 cm³/mol. The van der Waals surface area contributed by atoms with Crippen LogP contribution < -0.4 is 0 Å². The fourth-order valence-electron chi connectivity index (χ4n) is 1.06. The Balaban J connectivity index is 2.37. The van der Waals surface area contributed by atoms with Crippen LogP contribution in [0.5, 0.6) is 0 Å². The van der Waals surface area contributed by atoms with Crippen LogP contribution in [0.2, 0.25) is 0 Å². The van der Waals surface area contributed by atoms with Crippen LogP contribution in [-0.4, -0.2) is 22.2 Å². The van der Waals surface area contributed by atoms with Gasteiger partial charge in [-0.1, -0.05) is 0 Å². The molecule has 0 atom stereocenters. The molecule has 4 nitrogen and oxygen atoms in total. The Hall–Kier alpha value is -1.84. The van der Waals surface area contributed by atoms with Gasteiger partial charge in [-0.05, 0) is 12.1 Å². The number of aromatic nitrogens is 2. The van der Waals surface area contributed by atoms with Crippen molar-refractivity contribution in [3.8, 4) is 0 Å². The normalized spacial score (nSPS) is 15.7. The molecule has 0 fully saturated rings. The van der Waals surface area contributed by atoms with Crippen LogP contribution in [0.15, 0.2) is 29.4 Å². The minimum absolute atomic E-state index is 0.0515. The van der Waals surface area contributed by atoms with Gasteiger partial charge in [0, 0.05) is 24.9 Å². The molecule has 0 aromatic carbocycles. The van der Waals surface area contributed by atoms with Crippen LogP contribution in [0.1, 0.15) is 12.1 Å². The SMILES string of the molecule is O=C1C=C(c2cccnn2)N=CC1. The number of carbonyl (C=O) groups is 1. The first kappa shape index (κ1) is 7.79. The third-order valence-electron chi connectivity index (χ3n) is 1.66. The molecule has 64 valence electrons. The molecule has 0 saturated carbocycles. The summed E-state index contributed by atoms with van der Waals surface area (Å²) >= 11 is 0. The molecule has 0 aliphatic carbocycles. The molecule has 0 unspecified atom stereocenters. The molecule has 0 amide bonds. The summed E-state index contributed by atoms with van der Waals surface area (Å²) in [5.41, 5.74) is 1.22. The fourth-order valence-corrected chi connectivity index (χ4v) is 1.06. The molecule has 2 rings (SSSR count). The topological polar surface area (TPSA) is 55.2 Å². The van der Waals surface area contributed by atoms with Gasteiger partial charge in [-0.2, -0.15) is 5.10 Å². The Labute approximate surface area is 75.0 Å². The van der Waals surface area contributed by atoms with Crippen LogP contribution in [0, 0.1) is 0 Å². The van der Waals surface area contributed by atoms with Gasteiger partial charge in [0.05, 0.1) is 5.70 Å². The van der Waals surface area contributed by atoms with Gasteiger partial charge in [0.2, 0.25) is 0 Å². The first-order valence-electron chi connectivity index (χ1n) is 3.91. The monoisotopic (exact) mass is 173 g/mol. The molecule has 2 heterocycles. The van der Waals surface area contributed by atoms with Crippen molar-refractivity contribution in [3.05, 3.63) is 30.1 Å². The van der Waals surface area contributed by atoms with E-state index in [4.69, 9.17) is 0 Å². The van der Waals surface area contributed by atoms with Crippen molar-refractivity contribution in [2.45, 2.75) is 6.42 Å². The number of rotatable bonds is 1. The molecule has 0 saturated heterocycles. The van der Waals surface area contributed by atoms with E-state index in [1.807, 2.05) is 0 Å². The van der Waals surface area contributed by atoms with Gasteiger partial charge in [-0.25, -0.2) is 0 Å². The second kappa shape index (κ2) is 3.26. The first-order valence-corrected chi connectivity index (χ1v) is 3.91. The highest BCUT2D eigenvalue weighted by Crippen LogP contribution is 2.14. The van der Waals surface area contributed by atoms with Crippen molar-refractivity contribution in [1.82, 2.24) is 10.2 Å². The Morgan fingerprint density at radius 1 is 1.38 bits per heavy atom. The van der Waals surface area contributed by atoms with Gasteiger partial charge >= 0.3 is 0 Å². The quantitative estimate of drug-likeness (QED) is 0.632. The zero-order chi connectivity index (χ0) is 9.10. The van der Waals surface area contributed by atoms with E-state index in [0.717, 1.165) is 0 Å². The highest BCUT2D eigenvalue weighted by atomic mass is 16.1. The molecule has 0 N–H and O–H groups in total. The van der Waals surface area contributed by atoms with Crippen LogP contribution in [-0.2, 0) is 4.79 Å². The molecule has 0 spiro atoms. The number of carbonyl (C=O) groups excluding carboxylic acids is 1. The second-order valence-electron chi connectivity index (χ2n) is 2.62. The van der Waals surface area contributed by atoms with Gasteiger partial charge in [-0.3, -0.25) is 9.79 Å². The number of allylic oxidation sites excluding steroid dienone is 1. The van der Waals surface area contributed by atoms with Gasteiger partial charge in [0.1, 0.15) is 5.69 Å². The first-order chi connectivity index (χ1) is 6.36. The predicted octanol–water partition coefficient (Wildman–Crippen LogP) is 0.861. The number of ketones is 1. The van der Waals surface area contributed by atoms with Crippen LogP contribution in [0.3, 0.4) is 0 Å². The summed E-state index contributed by atoms with van der Waals surface area (Å²) in [6.45, 7) is 0. The van der Waals surface area contributed by atoms with E-state index in [1.165, 1.54) is 6.08 Å². The number of nitrogens with zero attached hydrogens (tertiary/aromatic N) is 3. The summed E-state index contributed by atoms with van der Waals surface area (Å²) < 4.78 is 0. The summed E-state index contributed by atoms with van der Waals surface area (Å²) in [6, 6.07) is 3.53. The largest absolute Gasteiger partial charge is 0.294 e. The Morgan fingerprint density at radius 3 is 3.00 bits per heavy atom.